The molecule has 246 valence electrons. The third-order valence-electron chi connectivity index (χ3n) is 10.4. The lowest BCUT2D eigenvalue weighted by molar-refractivity contribution is -0.347. The Kier molecular flexibility index (Phi) is 10.5. The maximum absolute atomic E-state index is 13.4. The fourth-order valence-corrected chi connectivity index (χ4v) is 8.04. The van der Waals surface area contributed by atoms with Crippen LogP contribution in [-0.2, 0) is 0 Å². The molecule has 0 amide bonds. The zero-order valence-corrected chi connectivity index (χ0v) is 25.7. The Morgan fingerprint density at radius 3 is 2.16 bits per heavy atom. The predicted octanol–water partition coefficient (Wildman–Crippen LogP) is 7.88. The van der Waals surface area contributed by atoms with Crippen LogP contribution in [0.1, 0.15) is 98.3 Å². The normalized spacial score (nSPS) is 32.9. The first-order valence-corrected chi connectivity index (χ1v) is 15.2. The third kappa shape index (κ3) is 7.79. The number of hydrogen-bond acceptors (Lipinski definition) is 4. The van der Waals surface area contributed by atoms with Gasteiger partial charge >= 0.3 is 12.4 Å². The van der Waals surface area contributed by atoms with Gasteiger partial charge in [-0.2, -0.15) is 26.3 Å². The van der Waals surface area contributed by atoms with Crippen molar-refractivity contribution in [1.29, 1.82) is 0 Å². The molecule has 0 aliphatic heterocycles. The number of aliphatic hydroxyl groups is 4. The molecule has 3 rings (SSSR count). The van der Waals surface area contributed by atoms with E-state index in [-0.39, 0.29) is 36.2 Å². The summed E-state index contributed by atoms with van der Waals surface area (Å²) < 4.78 is 80.2. The molecule has 10 heteroatoms. The smallest absolute Gasteiger partial charge is 0.393 e. The van der Waals surface area contributed by atoms with E-state index in [2.05, 4.69) is 13.5 Å². The summed E-state index contributed by atoms with van der Waals surface area (Å²) in [6.07, 6.45) is -2.44. The fraction of sp³-hybridized carbons (Fsp3) is 0.758. The molecule has 0 bridgehead atoms. The molecular formula is C33H48F6O4. The van der Waals surface area contributed by atoms with E-state index >= 15 is 0 Å². The Hall–Kier alpha value is -1.62. The third-order valence-corrected chi connectivity index (χ3v) is 10.4. The van der Waals surface area contributed by atoms with Gasteiger partial charge < -0.3 is 20.4 Å². The van der Waals surface area contributed by atoms with Crippen LogP contribution in [0.2, 0.25) is 0 Å². The maximum atomic E-state index is 13.4. The second-order valence-electron chi connectivity index (χ2n) is 14.3. The predicted molar refractivity (Wildman–Crippen MR) is 154 cm³/mol. The highest BCUT2D eigenvalue weighted by atomic mass is 19.4. The van der Waals surface area contributed by atoms with Crippen LogP contribution >= 0.6 is 0 Å². The summed E-state index contributed by atoms with van der Waals surface area (Å²) in [4.78, 5) is 0. The SMILES string of the molecule is C=C1/C(=C\C=C2/CCC[C@@]3(C)C2CC[C@@H]3C(C)(C/C=C\C(O)(C(F)(F)F)C(F)(F)F)CCCC(C)(C)O)C[C@@H](O)C[C@@H]1O. The van der Waals surface area contributed by atoms with Crippen LogP contribution in [-0.4, -0.2) is 56.2 Å². The molecule has 6 atom stereocenters. The minimum absolute atomic E-state index is 0.0223. The van der Waals surface area contributed by atoms with Crippen LogP contribution < -0.4 is 0 Å². The summed E-state index contributed by atoms with van der Waals surface area (Å²) in [5, 5.41) is 40.3. The Morgan fingerprint density at radius 2 is 1.58 bits per heavy atom. The van der Waals surface area contributed by atoms with Gasteiger partial charge in [0.1, 0.15) is 0 Å². The van der Waals surface area contributed by atoms with Gasteiger partial charge in [-0.3, -0.25) is 0 Å². The van der Waals surface area contributed by atoms with E-state index in [4.69, 9.17) is 0 Å². The van der Waals surface area contributed by atoms with Gasteiger partial charge in [-0.25, -0.2) is 0 Å². The molecule has 3 aliphatic rings. The van der Waals surface area contributed by atoms with Gasteiger partial charge in [0.15, 0.2) is 0 Å². The van der Waals surface area contributed by atoms with Gasteiger partial charge in [-0.05, 0) is 112 Å². The van der Waals surface area contributed by atoms with Gasteiger partial charge in [-0.15, -0.1) is 0 Å². The van der Waals surface area contributed by atoms with Crippen molar-refractivity contribution in [2.45, 2.75) is 134 Å². The van der Waals surface area contributed by atoms with Crippen molar-refractivity contribution in [3.63, 3.8) is 0 Å². The van der Waals surface area contributed by atoms with Crippen molar-refractivity contribution < 1.29 is 46.8 Å². The molecule has 3 fully saturated rings. The first-order valence-electron chi connectivity index (χ1n) is 15.2. The summed E-state index contributed by atoms with van der Waals surface area (Å²) in [6.45, 7) is 11.4. The van der Waals surface area contributed by atoms with Gasteiger partial charge in [0.2, 0.25) is 0 Å². The average Bonchev–Trinajstić information content (AvgIpc) is 3.21. The highest BCUT2D eigenvalue weighted by Gasteiger charge is 2.69. The lowest BCUT2D eigenvalue weighted by Crippen LogP contribution is -2.55. The number of alkyl halides is 6. The largest absolute Gasteiger partial charge is 0.429 e. The van der Waals surface area contributed by atoms with Crippen LogP contribution in [0, 0.1) is 22.7 Å². The monoisotopic (exact) mass is 622 g/mol. The van der Waals surface area contributed by atoms with E-state index < -0.39 is 41.2 Å². The zero-order chi connectivity index (χ0) is 32.6. The average molecular weight is 623 g/mol. The summed E-state index contributed by atoms with van der Waals surface area (Å²) >= 11 is 0. The van der Waals surface area contributed by atoms with Crippen molar-refractivity contribution in [1.82, 2.24) is 0 Å². The number of halogens is 6. The van der Waals surface area contributed by atoms with Crippen LogP contribution in [0.3, 0.4) is 0 Å². The van der Waals surface area contributed by atoms with E-state index in [1.807, 2.05) is 19.1 Å². The van der Waals surface area contributed by atoms with E-state index in [9.17, 15) is 46.8 Å². The molecule has 2 unspecified atom stereocenters. The van der Waals surface area contributed by atoms with Crippen LogP contribution in [0.15, 0.2) is 47.6 Å². The van der Waals surface area contributed by atoms with Gasteiger partial charge in [0.25, 0.3) is 5.60 Å². The van der Waals surface area contributed by atoms with Crippen LogP contribution in [0.25, 0.3) is 0 Å². The molecule has 0 heterocycles. The van der Waals surface area contributed by atoms with E-state index in [0.717, 1.165) is 43.8 Å². The molecule has 0 aromatic carbocycles. The van der Waals surface area contributed by atoms with Crippen molar-refractivity contribution >= 4 is 0 Å². The standard InChI is InChI=1S/C33H48F6O4/c1-21-23(19-24(40)20-26(21)41)11-10-22-9-6-17-30(5)25(22)12-13-27(30)29(4,15-7-14-28(2,3)42)16-8-18-31(43,32(34,35)36)33(37,38)39/h8,10-11,18,24-27,40-43H,1,6-7,9,12-17,19-20H2,2-5H3/b18-8-,22-10+,23-11-/t24-,25?,26+,27-,29?,30+/m1/s1. The highest BCUT2D eigenvalue weighted by molar-refractivity contribution is 5.38. The van der Waals surface area contributed by atoms with Crippen LogP contribution in [0.4, 0.5) is 26.3 Å². The second kappa shape index (κ2) is 12.6. The van der Waals surface area contributed by atoms with Crippen molar-refractivity contribution in [3.05, 3.63) is 47.6 Å². The minimum atomic E-state index is -5.92. The molecular weight excluding hydrogens is 574 g/mol. The summed E-state index contributed by atoms with van der Waals surface area (Å²) in [7, 11) is 0. The quantitative estimate of drug-likeness (QED) is 0.156. The zero-order valence-electron chi connectivity index (χ0n) is 25.7. The molecule has 43 heavy (non-hydrogen) atoms. The van der Waals surface area contributed by atoms with Gasteiger partial charge in [0.05, 0.1) is 17.8 Å². The Morgan fingerprint density at radius 1 is 0.953 bits per heavy atom. The summed E-state index contributed by atoms with van der Waals surface area (Å²) in [5.41, 5.74) is -4.25. The molecule has 4 N–H and O–H groups in total. The molecule has 4 nitrogen and oxygen atoms in total. The highest BCUT2D eigenvalue weighted by Crippen LogP contribution is 2.64. The van der Waals surface area contributed by atoms with E-state index in [1.54, 1.807) is 13.8 Å². The number of fused-ring (bicyclic) bond motifs is 1. The van der Waals surface area contributed by atoms with Crippen molar-refractivity contribution in [2.24, 2.45) is 22.7 Å². The lowest BCUT2D eigenvalue weighted by atomic mass is 9.55. The fourth-order valence-electron chi connectivity index (χ4n) is 8.04. The molecule has 0 radical (unpaired) electrons. The number of hydrogen-bond donors (Lipinski definition) is 4. The molecule has 3 aliphatic carbocycles. The molecule has 0 aromatic heterocycles. The first kappa shape index (κ1) is 35.9. The number of aliphatic hydroxyl groups excluding tert-OH is 2. The number of allylic oxidation sites excluding steroid dienone is 4. The van der Waals surface area contributed by atoms with E-state index in [1.165, 1.54) is 5.57 Å². The molecule has 0 aromatic rings. The topological polar surface area (TPSA) is 80.9 Å². The number of rotatable bonds is 9. The van der Waals surface area contributed by atoms with E-state index in [0.29, 0.717) is 31.3 Å². The summed E-state index contributed by atoms with van der Waals surface area (Å²) in [6, 6.07) is 0. The Labute approximate surface area is 251 Å². The van der Waals surface area contributed by atoms with Crippen molar-refractivity contribution in [2.75, 3.05) is 0 Å². The summed E-state index contributed by atoms with van der Waals surface area (Å²) in [5.74, 6) is 0.139. The first-order chi connectivity index (χ1) is 19.5. The Balaban J connectivity index is 1.93. The Bertz CT molecular complexity index is 1080. The lowest BCUT2D eigenvalue weighted by Gasteiger charge is -2.49. The van der Waals surface area contributed by atoms with Gasteiger partial charge in [0, 0.05) is 6.42 Å². The molecule has 3 saturated carbocycles. The van der Waals surface area contributed by atoms with Gasteiger partial charge in [-0.1, -0.05) is 50.6 Å². The second-order valence-corrected chi connectivity index (χ2v) is 14.3. The van der Waals surface area contributed by atoms with Crippen molar-refractivity contribution in [3.8, 4) is 0 Å². The maximum Gasteiger partial charge on any atom is 0.429 e. The van der Waals surface area contributed by atoms with Crippen LogP contribution in [0.5, 0.6) is 0 Å². The minimum Gasteiger partial charge on any atom is -0.393 e. The molecule has 0 saturated heterocycles. The molecule has 0 spiro atoms.